The second-order valence-corrected chi connectivity index (χ2v) is 17.6. The van der Waals surface area contributed by atoms with Crippen LogP contribution in [0, 0.1) is 0 Å². The Morgan fingerprint density at radius 3 is 1.25 bits per heavy atom. The predicted octanol–water partition coefficient (Wildman–Crippen LogP) is 1.91. The topological polar surface area (TPSA) is 30.5 Å². The van der Waals surface area contributed by atoms with E-state index in [0.717, 1.165) is 0 Å². The van der Waals surface area contributed by atoms with Gasteiger partial charge in [0.25, 0.3) is 0 Å². The van der Waals surface area contributed by atoms with Crippen molar-refractivity contribution in [2.24, 2.45) is 0 Å². The summed E-state index contributed by atoms with van der Waals surface area (Å²) < 4.78 is 0. The zero-order chi connectivity index (χ0) is 2.71. The normalized spacial score (nSPS) is 5.50. The number of hydrogen-bond donors (Lipinski definition) is 0. The van der Waals surface area contributed by atoms with Crippen molar-refractivity contribution in [3.05, 3.63) is 0 Å². The molecule has 0 aliphatic heterocycles. The molecule has 0 aromatic heterocycles. The van der Waals surface area contributed by atoms with Crippen LogP contribution in [0.2, 0.25) is 0 Å². The summed E-state index contributed by atoms with van der Waals surface area (Å²) in [5.41, 5.74) is 0. The number of halogens is 3. The van der Waals surface area contributed by atoms with E-state index in [2.05, 4.69) is 37.2 Å². The first-order valence-electron chi connectivity index (χ1n) is 0.309. The largest absolute Gasteiger partial charge is 0 e. The first-order valence-corrected chi connectivity index (χ1v) is 13.9. The van der Waals surface area contributed by atoms with E-state index in [1.54, 1.807) is 0 Å². The molecule has 0 N–H and O–H groups in total. The van der Waals surface area contributed by atoms with E-state index in [9.17, 15) is 0 Å². The predicted molar refractivity (Wildman–Crippen MR) is 45.6 cm³/mol. The third-order valence-electron chi connectivity index (χ3n) is 0. The van der Waals surface area contributed by atoms with E-state index in [1.807, 2.05) is 0 Å². The zero-order valence-electron chi connectivity index (χ0n) is 1.61. The van der Waals surface area contributed by atoms with Gasteiger partial charge in [0.05, 0.1) is 0 Å². The molecule has 0 aliphatic rings. The van der Waals surface area contributed by atoms with Gasteiger partial charge in [-0.2, -0.15) is 0 Å². The van der Waals surface area contributed by atoms with Crippen LogP contribution >= 0.6 is 50.5 Å². The van der Waals surface area contributed by atoms with Gasteiger partial charge in [-0.3, -0.25) is 0 Å². The zero-order valence-corrected chi connectivity index (χ0v) is 8.26. The maximum atomic E-state index is 2.41. The first kappa shape index (κ1) is 9.47. The third kappa shape index (κ3) is 8.91. The SMILES string of the molecule is I[IH]I.[N]. The smallest absolute Gasteiger partial charge is 0 e. The van der Waals surface area contributed by atoms with Crippen LogP contribution in [0.25, 0.3) is 0 Å². The molecular formula is HI3N. The van der Waals surface area contributed by atoms with Crippen LogP contribution in [0.3, 0.4) is 0 Å². The van der Waals surface area contributed by atoms with Gasteiger partial charge in [-0.1, -0.05) is 0 Å². The fourth-order valence-electron chi connectivity index (χ4n) is 0. The van der Waals surface area contributed by atoms with Crippen LogP contribution in [0.15, 0.2) is 0 Å². The molecule has 0 saturated heterocycles. The molecule has 0 unspecified atom stereocenters. The molecule has 0 spiro atoms. The van der Waals surface area contributed by atoms with E-state index in [0.29, 0.717) is 13.3 Å². The summed E-state index contributed by atoms with van der Waals surface area (Å²) in [6.07, 6.45) is 0. The summed E-state index contributed by atoms with van der Waals surface area (Å²) in [5, 5.41) is 0. The fourth-order valence-corrected chi connectivity index (χ4v) is 0. The second kappa shape index (κ2) is 8.94. The van der Waals surface area contributed by atoms with E-state index in [4.69, 9.17) is 0 Å². The molecule has 0 aromatic carbocycles. The molecule has 0 aliphatic carbocycles. The summed E-state index contributed by atoms with van der Waals surface area (Å²) in [5.74, 6) is 0. The van der Waals surface area contributed by atoms with Gasteiger partial charge in [0.2, 0.25) is 0 Å². The third-order valence-corrected chi connectivity index (χ3v) is 0. The molecule has 4 heavy (non-hydrogen) atoms. The molecule has 27 valence electrons. The minimum absolute atomic E-state index is 0. The molecular weight excluding hydrogens is 395 g/mol. The summed E-state index contributed by atoms with van der Waals surface area (Å²) in [6, 6.07) is 0. The van der Waals surface area contributed by atoms with Gasteiger partial charge in [-0.25, -0.2) is 0 Å². The Hall–Kier alpha value is 2.15. The Kier molecular flexibility index (Phi) is 21.2. The first-order chi connectivity index (χ1) is 1.41. The monoisotopic (exact) mass is 396 g/mol. The fraction of sp³-hybridized carbons (Fsp3) is 0. The summed E-state index contributed by atoms with van der Waals surface area (Å²) in [6.45, 7) is 0. The number of hydrogen-bond acceptors (Lipinski definition) is 0. The summed E-state index contributed by atoms with van der Waals surface area (Å²) >= 11 is 5.22. The average molecular weight is 396 g/mol. The van der Waals surface area contributed by atoms with Crippen LogP contribution in [0.5, 0.6) is 0 Å². The molecule has 0 aromatic rings. The van der Waals surface area contributed by atoms with Crippen LogP contribution in [0.4, 0.5) is 0 Å². The van der Waals surface area contributed by atoms with Crippen molar-refractivity contribution in [1.82, 2.24) is 6.15 Å². The molecule has 0 amide bonds. The Balaban J connectivity index is 0. The minimum atomic E-state index is 0. The number of rotatable bonds is 0. The van der Waals surface area contributed by atoms with Gasteiger partial charge in [-0.05, 0) is 0 Å². The quantitative estimate of drug-likeness (QED) is 0.561. The second-order valence-electron chi connectivity index (χ2n) is 0.0583. The van der Waals surface area contributed by atoms with Crippen LogP contribution in [-0.4, -0.2) is 0 Å². The van der Waals surface area contributed by atoms with Crippen molar-refractivity contribution in [3.63, 3.8) is 0 Å². The summed E-state index contributed by atoms with van der Waals surface area (Å²) in [7, 11) is 0. The minimum Gasteiger partial charge on any atom is 0 e. The van der Waals surface area contributed by atoms with Gasteiger partial charge in [0, 0.05) is 6.15 Å². The maximum Gasteiger partial charge on any atom is 0 e. The van der Waals surface area contributed by atoms with Crippen molar-refractivity contribution in [1.29, 1.82) is 0 Å². The van der Waals surface area contributed by atoms with Gasteiger partial charge in [-0.15, -0.1) is 0 Å². The van der Waals surface area contributed by atoms with Crippen molar-refractivity contribution in [2.45, 2.75) is 0 Å². The molecule has 0 fully saturated rings. The molecule has 0 rings (SSSR count). The molecule has 0 atom stereocenters. The Morgan fingerprint density at radius 1 is 1.25 bits per heavy atom. The average Bonchev–Trinajstić information content (AvgIpc) is 0.918. The van der Waals surface area contributed by atoms with Gasteiger partial charge in [0.15, 0.2) is 0 Å². The molecule has 0 heterocycles. The Morgan fingerprint density at radius 2 is 1.25 bits per heavy atom. The van der Waals surface area contributed by atoms with E-state index >= 15 is 0 Å². The van der Waals surface area contributed by atoms with Crippen LogP contribution in [-0.2, 0) is 0 Å². The Bertz CT molecular complexity index is 3.25. The van der Waals surface area contributed by atoms with E-state index in [1.165, 1.54) is 0 Å². The molecule has 4 heteroatoms. The van der Waals surface area contributed by atoms with Crippen molar-refractivity contribution < 1.29 is 0 Å². The molecule has 0 saturated carbocycles. The molecule has 3 radical (unpaired) electrons. The molecule has 0 bridgehead atoms. The maximum absolute atomic E-state index is 2.41. The van der Waals surface area contributed by atoms with E-state index in [-0.39, 0.29) is 6.15 Å². The van der Waals surface area contributed by atoms with Gasteiger partial charge >= 0.3 is 50.5 Å². The Labute approximate surface area is 55.5 Å². The van der Waals surface area contributed by atoms with Crippen LogP contribution in [0.1, 0.15) is 0 Å². The van der Waals surface area contributed by atoms with Crippen molar-refractivity contribution in [2.75, 3.05) is 0 Å². The van der Waals surface area contributed by atoms with E-state index < -0.39 is 0 Å². The molecule has 1 nitrogen and oxygen atoms in total. The van der Waals surface area contributed by atoms with Crippen molar-refractivity contribution in [3.8, 4) is 0 Å². The number of nitrogens with zero attached hydrogens (tertiary/aromatic N) is 1. The standard InChI is InChI=1S/HI3.N/c1-3-2;/h3H;. The van der Waals surface area contributed by atoms with Gasteiger partial charge < -0.3 is 0 Å². The van der Waals surface area contributed by atoms with Crippen molar-refractivity contribution >= 4 is 50.5 Å². The van der Waals surface area contributed by atoms with Gasteiger partial charge in [0.1, 0.15) is 0 Å². The van der Waals surface area contributed by atoms with Crippen LogP contribution < -0.4 is 6.15 Å². The summed E-state index contributed by atoms with van der Waals surface area (Å²) in [4.78, 5) is 0.